The van der Waals surface area contributed by atoms with Gasteiger partial charge in [-0.15, -0.1) is 0 Å². The van der Waals surface area contributed by atoms with E-state index < -0.39 is 113 Å². The van der Waals surface area contributed by atoms with Crippen molar-refractivity contribution in [1.82, 2.24) is 29.3 Å². The van der Waals surface area contributed by atoms with E-state index in [4.69, 9.17) is 44.0 Å². The van der Waals surface area contributed by atoms with Gasteiger partial charge in [-0.2, -0.15) is 32.6 Å². The summed E-state index contributed by atoms with van der Waals surface area (Å²) >= 11 is 0. The Morgan fingerprint density at radius 3 is 1.49 bits per heavy atom. The van der Waals surface area contributed by atoms with Crippen LogP contribution in [0.3, 0.4) is 0 Å². The number of hydrogen-bond acceptors (Lipinski definition) is 19. The molecule has 8 N–H and O–H groups in total. The number of benzene rings is 3. The Balaban J connectivity index is 0.000000244. The number of nitrogens with zero attached hydrogens (tertiary/aromatic N) is 4. The molecule has 5 aromatic rings. The van der Waals surface area contributed by atoms with E-state index in [1.54, 1.807) is 72.8 Å². The molecular weight excluding hydrogens is 1030 g/mol. The van der Waals surface area contributed by atoms with E-state index in [1.807, 2.05) is 6.07 Å². The van der Waals surface area contributed by atoms with Gasteiger partial charge in [0, 0.05) is 19.1 Å². The van der Waals surface area contributed by atoms with Crippen LogP contribution in [0.1, 0.15) is 37.4 Å². The minimum atomic E-state index is -4.46. The second kappa shape index (κ2) is 24.3. The van der Waals surface area contributed by atoms with Gasteiger partial charge < -0.3 is 49.7 Å². The highest BCUT2D eigenvalue weighted by molar-refractivity contribution is 7.56. The number of hydrogen-bond donors (Lipinski definition) is 6. The van der Waals surface area contributed by atoms with Gasteiger partial charge in [0.05, 0.1) is 13.2 Å². The number of aromatic nitrogens is 4. The predicted octanol–water partition coefficient (Wildman–Crippen LogP) is 3.92. The van der Waals surface area contributed by atoms with Crippen LogP contribution in [0.15, 0.2) is 125 Å². The zero-order valence-corrected chi connectivity index (χ0v) is 41.3. The Labute approximate surface area is 418 Å². The number of carbonyl (C=O) groups excluding carboxylic acids is 2. The van der Waals surface area contributed by atoms with Crippen molar-refractivity contribution in [3.8, 4) is 5.75 Å². The van der Waals surface area contributed by atoms with Crippen LogP contribution in [0, 0.1) is 0 Å². The van der Waals surface area contributed by atoms with Gasteiger partial charge in [-0.05, 0) is 49.2 Å². The second-order valence-corrected chi connectivity index (χ2v) is 20.5. The molecule has 0 radical (unpaired) electrons. The topological polar surface area (TPSA) is 319 Å². The molecule has 74 heavy (non-hydrogen) atoms. The van der Waals surface area contributed by atoms with Gasteiger partial charge in [-0.25, -0.2) is 19.2 Å². The minimum absolute atomic E-state index is 0.0124. The highest BCUT2D eigenvalue weighted by Gasteiger charge is 2.61. The number of nitrogens with two attached hydrogens (primary N) is 2. The van der Waals surface area contributed by atoms with Crippen molar-refractivity contribution in [1.29, 1.82) is 0 Å². The molecule has 0 spiro atoms. The van der Waals surface area contributed by atoms with Gasteiger partial charge in [0.25, 0.3) is 7.52 Å². The van der Waals surface area contributed by atoms with Crippen LogP contribution in [-0.2, 0) is 59.9 Å². The standard InChI is InChI=1S/C25H27F2N4O8P.C20H25F2N4O7P/c1-16(22(33)36-14-17-8-4-2-5-9-17)30-40(35,39-18-10-6-3-7-11-18)37-15-19-21(32)25(26,27)23(38-19)31-13-12-20(28)29-24(31)34;1-12(17(28)31-10-13-6-4-3-5-7-13)25-34(2,30)32-11-14-16(27)20(21,22)18(33-14)26-9-8-15(23)24-19(26)29/h2-13,16,19,21,23,32H,14-15H2,1H3,(H,30,35)(H2,28,29,34);3-9,12,14,16,18,27H,10-11H2,1-2H3,(H,25,30)(H2,23,24,29)/t16-,19+,21-,23+,40-;12-,14+,16-,18+,34-/m00/s1. The third-order valence-electron chi connectivity index (χ3n) is 10.8. The van der Waals surface area contributed by atoms with Crippen molar-refractivity contribution in [2.24, 2.45) is 0 Å². The molecule has 2 saturated heterocycles. The molecule has 4 heterocycles. The first-order chi connectivity index (χ1) is 34.9. The first kappa shape index (κ1) is 56.9. The summed E-state index contributed by atoms with van der Waals surface area (Å²) in [7, 11) is -8.17. The molecule has 0 saturated carbocycles. The number of ether oxygens (including phenoxy) is 4. The molecule has 0 unspecified atom stereocenters. The zero-order valence-electron chi connectivity index (χ0n) is 39.5. The lowest BCUT2D eigenvalue weighted by Gasteiger charge is -2.24. The third-order valence-corrected chi connectivity index (χ3v) is 13.9. The molecule has 3 aromatic carbocycles. The van der Waals surface area contributed by atoms with Crippen LogP contribution in [0.25, 0.3) is 0 Å². The van der Waals surface area contributed by atoms with Crippen molar-refractivity contribution >= 4 is 38.8 Å². The summed E-state index contributed by atoms with van der Waals surface area (Å²) in [5, 5.41) is 25.2. The predicted molar refractivity (Wildman–Crippen MR) is 253 cm³/mol. The maximum atomic E-state index is 14.9. The van der Waals surface area contributed by atoms with Gasteiger partial charge in [-0.3, -0.25) is 27.8 Å². The molecule has 7 rings (SSSR count). The van der Waals surface area contributed by atoms with Gasteiger partial charge >= 0.3 is 42.9 Å². The number of para-hydroxylation sites is 1. The smallest absolute Gasteiger partial charge is 0.459 e. The number of anilines is 2. The Morgan fingerprint density at radius 1 is 0.676 bits per heavy atom. The molecule has 10 atom stereocenters. The third kappa shape index (κ3) is 14.7. The summed E-state index contributed by atoms with van der Waals surface area (Å²) in [6, 6.07) is 25.5. The number of carbonyl (C=O) groups is 2. The molecule has 0 amide bonds. The lowest BCUT2D eigenvalue weighted by molar-refractivity contribution is -0.147. The number of rotatable bonds is 20. The largest absolute Gasteiger partial charge is 0.460 e. The first-order valence-electron chi connectivity index (χ1n) is 22.2. The number of nitrogen functional groups attached to an aromatic ring is 2. The fraction of sp³-hybridized carbons (Fsp3) is 0.378. The van der Waals surface area contributed by atoms with Crippen LogP contribution < -0.4 is 37.5 Å². The van der Waals surface area contributed by atoms with Crippen LogP contribution in [0.2, 0.25) is 0 Å². The van der Waals surface area contributed by atoms with Crippen LogP contribution in [0.5, 0.6) is 5.75 Å². The molecule has 400 valence electrons. The summed E-state index contributed by atoms with van der Waals surface area (Å²) < 4.78 is 123. The van der Waals surface area contributed by atoms with Crippen LogP contribution in [0.4, 0.5) is 29.2 Å². The highest BCUT2D eigenvalue weighted by Crippen LogP contribution is 2.49. The highest BCUT2D eigenvalue weighted by atomic mass is 31.2. The number of aliphatic hydroxyl groups is 2. The van der Waals surface area contributed by atoms with Gasteiger partial charge in [0.1, 0.15) is 54.9 Å². The molecule has 2 aliphatic heterocycles. The van der Waals surface area contributed by atoms with Gasteiger partial charge in [0.2, 0.25) is 12.5 Å². The summed E-state index contributed by atoms with van der Waals surface area (Å²) in [5.41, 5.74) is 10.0. The second-order valence-electron chi connectivity index (χ2n) is 16.6. The zero-order chi connectivity index (χ0) is 54.0. The minimum Gasteiger partial charge on any atom is -0.460 e. The van der Waals surface area contributed by atoms with Crippen LogP contribution >= 0.6 is 15.3 Å². The molecular formula is C45H52F4N8O15P2. The van der Waals surface area contributed by atoms with Gasteiger partial charge in [-0.1, -0.05) is 78.9 Å². The summed E-state index contributed by atoms with van der Waals surface area (Å²) in [6.07, 6.45) is -10.7. The number of alkyl halides is 4. The van der Waals surface area contributed by atoms with E-state index in [9.17, 15) is 56.1 Å². The van der Waals surface area contributed by atoms with E-state index in [0.29, 0.717) is 9.13 Å². The van der Waals surface area contributed by atoms with E-state index in [1.165, 1.54) is 26.0 Å². The normalized spacial score (nSPS) is 23.2. The molecule has 2 fully saturated rings. The fourth-order valence-electron chi connectivity index (χ4n) is 6.96. The number of aliphatic hydroxyl groups excluding tert-OH is 2. The van der Waals surface area contributed by atoms with Gasteiger partial charge in [0.15, 0.2) is 12.2 Å². The Kier molecular flexibility index (Phi) is 18.7. The molecule has 2 aromatic heterocycles. The lowest BCUT2D eigenvalue weighted by atomic mass is 10.1. The fourth-order valence-corrected chi connectivity index (χ4v) is 9.77. The van der Waals surface area contributed by atoms with Crippen molar-refractivity contribution in [2.45, 2.75) is 87.9 Å². The molecule has 2 aliphatic rings. The molecule has 0 bridgehead atoms. The molecule has 0 aliphatic carbocycles. The maximum Gasteiger partial charge on any atom is 0.459 e. The average molecular weight is 1080 g/mol. The van der Waals surface area contributed by atoms with Crippen molar-refractivity contribution in [3.63, 3.8) is 0 Å². The van der Waals surface area contributed by atoms with Crippen molar-refractivity contribution in [3.05, 3.63) is 148 Å². The SMILES string of the molecule is C[C@H](N[P@@](C)(=O)OC[C@H]1O[C@@H](n2ccc(N)nc2=O)C(F)(F)[C@H]1O)C(=O)OCc1ccccc1.C[C@H](N[P@](=O)(OC[C@H]1O[C@@H](n2ccc(N)nc2=O)C(F)(F)[C@H]1O)Oc1ccccc1)C(=O)OCc1ccccc1. The van der Waals surface area contributed by atoms with Crippen LogP contribution in [-0.4, -0.2) is 109 Å². The first-order valence-corrected chi connectivity index (χ1v) is 25.8. The van der Waals surface area contributed by atoms with E-state index in [-0.39, 0.29) is 30.6 Å². The monoisotopic (exact) mass is 1080 g/mol. The maximum absolute atomic E-state index is 14.9. The Morgan fingerprint density at radius 2 is 1.07 bits per heavy atom. The summed E-state index contributed by atoms with van der Waals surface area (Å²) in [4.78, 5) is 55.5. The number of halogens is 4. The Bertz CT molecular complexity index is 2920. The average Bonchev–Trinajstić information content (AvgIpc) is 3.72. The van der Waals surface area contributed by atoms with Crippen molar-refractivity contribution < 1.29 is 79.0 Å². The summed E-state index contributed by atoms with van der Waals surface area (Å²) in [6.45, 7) is 2.28. The molecule has 29 heteroatoms. The lowest BCUT2D eigenvalue weighted by Crippen LogP contribution is -2.42. The van der Waals surface area contributed by atoms with E-state index in [2.05, 4.69) is 20.1 Å². The number of nitrogens with one attached hydrogen (secondary N) is 2. The molecule has 23 nitrogen and oxygen atoms in total. The quantitative estimate of drug-likeness (QED) is 0.0365. The van der Waals surface area contributed by atoms with E-state index in [0.717, 1.165) is 42.3 Å². The van der Waals surface area contributed by atoms with E-state index >= 15 is 0 Å². The Hall–Kier alpha value is -6.38. The number of esters is 2. The van der Waals surface area contributed by atoms with Crippen molar-refractivity contribution in [2.75, 3.05) is 31.3 Å². The summed E-state index contributed by atoms with van der Waals surface area (Å²) in [5.74, 6) is -9.60.